The highest BCUT2D eigenvalue weighted by molar-refractivity contribution is 4.94. The van der Waals surface area contributed by atoms with Crippen LogP contribution in [0.4, 0.5) is 0 Å². The zero-order valence-corrected chi connectivity index (χ0v) is 10.2. The molecule has 0 aromatic heterocycles. The lowest BCUT2D eigenvalue weighted by molar-refractivity contribution is -0.110. The van der Waals surface area contributed by atoms with Crippen LogP contribution in [0.5, 0.6) is 0 Å². The molecule has 0 saturated carbocycles. The summed E-state index contributed by atoms with van der Waals surface area (Å²) >= 11 is 0. The van der Waals surface area contributed by atoms with E-state index in [0.717, 1.165) is 19.5 Å². The molecule has 14 heavy (non-hydrogen) atoms. The second-order valence-electron chi connectivity index (χ2n) is 5.44. The van der Waals surface area contributed by atoms with Crippen LogP contribution in [0.2, 0.25) is 0 Å². The Morgan fingerprint density at radius 3 is 2.36 bits per heavy atom. The molecule has 1 aliphatic heterocycles. The Bertz CT molecular complexity index is 193. The maximum atomic E-state index is 10.7. The van der Waals surface area contributed by atoms with Crippen molar-refractivity contribution < 1.29 is 5.11 Å². The van der Waals surface area contributed by atoms with Gasteiger partial charge in [0.15, 0.2) is 0 Å². The van der Waals surface area contributed by atoms with Crippen LogP contribution in [0.1, 0.15) is 34.1 Å². The van der Waals surface area contributed by atoms with E-state index in [-0.39, 0.29) is 0 Å². The summed E-state index contributed by atoms with van der Waals surface area (Å²) in [6, 6.07) is 0. The van der Waals surface area contributed by atoms with Gasteiger partial charge in [0.2, 0.25) is 0 Å². The van der Waals surface area contributed by atoms with E-state index >= 15 is 0 Å². The molecule has 1 saturated heterocycles. The van der Waals surface area contributed by atoms with E-state index in [0.29, 0.717) is 17.8 Å². The Morgan fingerprint density at radius 1 is 1.36 bits per heavy atom. The molecule has 3 atom stereocenters. The lowest BCUT2D eigenvalue weighted by Crippen LogP contribution is -2.54. The molecule has 1 N–H and O–H groups in total. The number of likely N-dealkylation sites (tertiary alicyclic amines) is 1. The first-order valence-electron chi connectivity index (χ1n) is 5.79. The molecule has 0 amide bonds. The second kappa shape index (κ2) is 4.19. The van der Waals surface area contributed by atoms with Crippen LogP contribution in [0.3, 0.4) is 0 Å². The van der Waals surface area contributed by atoms with Gasteiger partial charge in [-0.05, 0) is 31.2 Å². The van der Waals surface area contributed by atoms with E-state index < -0.39 is 5.60 Å². The number of nitrogens with zero attached hydrogens (tertiary/aromatic N) is 1. The topological polar surface area (TPSA) is 23.5 Å². The van der Waals surface area contributed by atoms with E-state index in [1.54, 1.807) is 0 Å². The molecule has 2 nitrogen and oxygen atoms in total. The summed E-state index contributed by atoms with van der Waals surface area (Å²) < 4.78 is 0. The molecule has 3 unspecified atom stereocenters. The van der Waals surface area contributed by atoms with Gasteiger partial charge in [-0.25, -0.2) is 0 Å². The molecule has 1 aliphatic rings. The van der Waals surface area contributed by atoms with Gasteiger partial charge in [0.05, 0.1) is 5.60 Å². The molecule has 1 rings (SSSR count). The van der Waals surface area contributed by atoms with E-state index in [1.807, 2.05) is 0 Å². The first-order chi connectivity index (χ1) is 6.38. The summed E-state index contributed by atoms with van der Waals surface area (Å²) in [5.74, 6) is 1.34. The van der Waals surface area contributed by atoms with Gasteiger partial charge in [-0.2, -0.15) is 0 Å². The highest BCUT2D eigenvalue weighted by Gasteiger charge is 2.43. The zero-order chi connectivity index (χ0) is 10.9. The summed E-state index contributed by atoms with van der Waals surface area (Å²) in [5.41, 5.74) is -0.444. The predicted octanol–water partition coefficient (Wildman–Crippen LogP) is 1.98. The minimum absolute atomic E-state index is 0.388. The van der Waals surface area contributed by atoms with Crippen LogP contribution < -0.4 is 0 Å². The van der Waals surface area contributed by atoms with Crippen LogP contribution in [0.15, 0.2) is 0 Å². The van der Waals surface area contributed by atoms with E-state index in [9.17, 15) is 5.11 Å². The zero-order valence-electron chi connectivity index (χ0n) is 10.2. The highest BCUT2D eigenvalue weighted by Crippen LogP contribution is 2.37. The Labute approximate surface area is 88.3 Å². The maximum absolute atomic E-state index is 10.7. The third kappa shape index (κ3) is 2.12. The highest BCUT2D eigenvalue weighted by atomic mass is 16.3. The van der Waals surface area contributed by atoms with Crippen molar-refractivity contribution in [2.75, 3.05) is 20.1 Å². The second-order valence-corrected chi connectivity index (χ2v) is 5.44. The molecule has 0 bridgehead atoms. The van der Waals surface area contributed by atoms with Gasteiger partial charge >= 0.3 is 0 Å². The van der Waals surface area contributed by atoms with Crippen molar-refractivity contribution >= 4 is 0 Å². The number of hydrogen-bond acceptors (Lipinski definition) is 2. The number of rotatable bonds is 2. The molecule has 1 heterocycles. The van der Waals surface area contributed by atoms with Crippen LogP contribution in [-0.4, -0.2) is 35.7 Å². The Kier molecular flexibility index (Phi) is 3.59. The molecule has 2 heteroatoms. The fraction of sp³-hybridized carbons (Fsp3) is 1.00. The maximum Gasteiger partial charge on any atom is 0.0725 e. The van der Waals surface area contributed by atoms with Crippen LogP contribution in [-0.2, 0) is 0 Å². The largest absolute Gasteiger partial charge is 0.389 e. The minimum Gasteiger partial charge on any atom is -0.389 e. The first-order valence-corrected chi connectivity index (χ1v) is 5.79. The number of piperidine rings is 1. The van der Waals surface area contributed by atoms with Gasteiger partial charge in [-0.3, -0.25) is 0 Å². The summed E-state index contributed by atoms with van der Waals surface area (Å²) in [6.07, 6.45) is 0.921. The van der Waals surface area contributed by atoms with Crippen LogP contribution in [0.25, 0.3) is 0 Å². The monoisotopic (exact) mass is 199 g/mol. The van der Waals surface area contributed by atoms with Gasteiger partial charge in [0.25, 0.3) is 0 Å². The molecule has 0 aromatic rings. The van der Waals surface area contributed by atoms with E-state index in [1.165, 1.54) is 0 Å². The van der Waals surface area contributed by atoms with Gasteiger partial charge in [0.1, 0.15) is 0 Å². The number of aliphatic hydroxyl groups is 1. The average molecular weight is 199 g/mol. The molecule has 0 aromatic carbocycles. The Hall–Kier alpha value is -0.0800. The van der Waals surface area contributed by atoms with E-state index in [2.05, 4.69) is 39.6 Å². The lowest BCUT2D eigenvalue weighted by atomic mass is 9.70. The van der Waals surface area contributed by atoms with Gasteiger partial charge in [0, 0.05) is 13.1 Å². The minimum atomic E-state index is -0.444. The summed E-state index contributed by atoms with van der Waals surface area (Å²) in [7, 11) is 2.14. The summed E-state index contributed by atoms with van der Waals surface area (Å²) in [4.78, 5) is 2.31. The lowest BCUT2D eigenvalue weighted by Gasteiger charge is -2.47. The molecular weight excluding hydrogens is 174 g/mol. The van der Waals surface area contributed by atoms with Crippen molar-refractivity contribution in [3.05, 3.63) is 0 Å². The quantitative estimate of drug-likeness (QED) is 0.735. The van der Waals surface area contributed by atoms with Crippen molar-refractivity contribution in [1.29, 1.82) is 0 Å². The smallest absolute Gasteiger partial charge is 0.0725 e. The van der Waals surface area contributed by atoms with Crippen molar-refractivity contribution in [2.45, 2.75) is 39.7 Å². The van der Waals surface area contributed by atoms with Gasteiger partial charge in [-0.1, -0.05) is 27.7 Å². The van der Waals surface area contributed by atoms with Crippen LogP contribution >= 0.6 is 0 Å². The fourth-order valence-corrected chi connectivity index (χ4v) is 2.59. The summed E-state index contributed by atoms with van der Waals surface area (Å²) in [5, 5.41) is 10.7. The SMILES string of the molecule is CC(C)C(C)C1(O)CCN(C)CC1C. The average Bonchev–Trinajstić information content (AvgIpc) is 2.10. The van der Waals surface area contributed by atoms with Crippen molar-refractivity contribution in [2.24, 2.45) is 17.8 Å². The fourth-order valence-electron chi connectivity index (χ4n) is 2.59. The standard InChI is InChI=1S/C12H25NO/c1-9(2)11(4)12(14)6-7-13(5)8-10(12)3/h9-11,14H,6-8H2,1-5H3. The van der Waals surface area contributed by atoms with E-state index in [4.69, 9.17) is 0 Å². The predicted molar refractivity (Wildman–Crippen MR) is 60.2 cm³/mol. The molecule has 0 aliphatic carbocycles. The molecule has 0 spiro atoms. The van der Waals surface area contributed by atoms with Gasteiger partial charge in [-0.15, -0.1) is 0 Å². The molecule has 84 valence electrons. The molecular formula is C12H25NO. The van der Waals surface area contributed by atoms with Crippen LogP contribution in [0, 0.1) is 17.8 Å². The summed E-state index contributed by atoms with van der Waals surface area (Å²) in [6.45, 7) is 10.8. The number of hydrogen-bond donors (Lipinski definition) is 1. The van der Waals surface area contributed by atoms with Gasteiger partial charge < -0.3 is 10.0 Å². The van der Waals surface area contributed by atoms with Crippen molar-refractivity contribution in [1.82, 2.24) is 4.90 Å². The van der Waals surface area contributed by atoms with Crippen molar-refractivity contribution in [3.63, 3.8) is 0 Å². The first kappa shape index (κ1) is 12.0. The Balaban J connectivity index is 2.73. The normalized spacial score (nSPS) is 37.5. The Morgan fingerprint density at radius 2 is 1.93 bits per heavy atom. The third-order valence-corrected chi connectivity index (χ3v) is 4.12. The molecule has 0 radical (unpaired) electrons. The third-order valence-electron chi connectivity index (χ3n) is 4.12. The molecule has 1 fully saturated rings. The van der Waals surface area contributed by atoms with Crippen molar-refractivity contribution in [3.8, 4) is 0 Å².